The molecule has 1 aromatic carbocycles. The van der Waals surface area contributed by atoms with Crippen molar-refractivity contribution in [3.05, 3.63) is 36.0 Å². The molecule has 3 fully saturated rings. The molecule has 2 heterocycles. The number of rotatable bonds is 12. The van der Waals surface area contributed by atoms with Crippen molar-refractivity contribution in [1.29, 1.82) is 0 Å². The fourth-order valence-electron chi connectivity index (χ4n) is 7.67. The van der Waals surface area contributed by atoms with Crippen LogP contribution >= 0.6 is 11.6 Å². The zero-order valence-electron chi connectivity index (χ0n) is 30.7. The number of hydrogen-bond acceptors (Lipinski definition) is 9. The number of halogens is 1. The summed E-state index contributed by atoms with van der Waals surface area (Å²) in [6.07, 6.45) is 5.88. The van der Waals surface area contributed by atoms with E-state index >= 15 is 0 Å². The first-order chi connectivity index (χ1) is 23.5. The van der Waals surface area contributed by atoms with Gasteiger partial charge in [-0.2, -0.15) is 0 Å². The lowest BCUT2D eigenvalue weighted by Gasteiger charge is -2.36. The predicted molar refractivity (Wildman–Crippen MR) is 191 cm³/mol. The average molecular weight is 713 g/mol. The minimum Gasteiger partial charge on any atom is -0.497 e. The Morgan fingerprint density at radius 2 is 1.82 bits per heavy atom. The highest BCUT2D eigenvalue weighted by atomic mass is 35.5. The molecule has 1 N–H and O–H groups in total. The van der Waals surface area contributed by atoms with Gasteiger partial charge in [0.25, 0.3) is 5.88 Å². The molecule has 1 aliphatic heterocycles. The fraction of sp³-hybridized carbons (Fsp3) is 0.658. The maximum absolute atomic E-state index is 14.6. The summed E-state index contributed by atoms with van der Waals surface area (Å²) in [4.78, 5) is 52.6. The number of allylic oxidation sites excluding steroid dienone is 1. The number of alkyl carbamates (subject to hydrolysis) is 1. The third-order valence-corrected chi connectivity index (χ3v) is 10.4. The van der Waals surface area contributed by atoms with Crippen molar-refractivity contribution in [3.8, 4) is 11.6 Å². The number of likely N-dealkylation sites (tertiary alicyclic amines) is 1. The Kier molecular flexibility index (Phi) is 11.2. The molecule has 3 aliphatic rings. The van der Waals surface area contributed by atoms with Gasteiger partial charge in [-0.1, -0.05) is 45.4 Å². The van der Waals surface area contributed by atoms with Crippen LogP contribution in [0, 0.1) is 29.1 Å². The lowest BCUT2D eigenvalue weighted by atomic mass is 9.85. The van der Waals surface area contributed by atoms with Crippen molar-refractivity contribution in [2.24, 2.45) is 29.1 Å². The van der Waals surface area contributed by atoms with Crippen molar-refractivity contribution < 1.29 is 33.3 Å². The predicted octanol–water partition coefficient (Wildman–Crippen LogP) is 7.14. The number of ether oxygens (including phenoxy) is 4. The van der Waals surface area contributed by atoms with Crippen LogP contribution in [0.2, 0.25) is 5.15 Å². The molecule has 0 spiro atoms. The molecule has 11 nitrogen and oxygen atoms in total. The van der Waals surface area contributed by atoms with E-state index in [1.165, 1.54) is 11.3 Å². The molecule has 2 aromatic rings. The van der Waals surface area contributed by atoms with Gasteiger partial charge in [0, 0.05) is 12.0 Å². The molecule has 8 atom stereocenters. The molecule has 1 saturated heterocycles. The summed E-state index contributed by atoms with van der Waals surface area (Å²) < 4.78 is 23.7. The van der Waals surface area contributed by atoms with Gasteiger partial charge in [-0.15, -0.1) is 6.58 Å². The maximum Gasteiger partial charge on any atom is 0.408 e. The first-order valence-electron chi connectivity index (χ1n) is 17.8. The molecular weight excluding hydrogens is 660 g/mol. The van der Waals surface area contributed by atoms with Crippen LogP contribution in [-0.2, 0) is 19.1 Å². The van der Waals surface area contributed by atoms with Crippen LogP contribution in [0.25, 0.3) is 11.0 Å². The second kappa shape index (κ2) is 14.9. The Bertz CT molecular complexity index is 1590. The van der Waals surface area contributed by atoms with Gasteiger partial charge in [-0.25, -0.2) is 19.6 Å². The van der Waals surface area contributed by atoms with E-state index in [9.17, 15) is 14.4 Å². The van der Waals surface area contributed by atoms with Crippen molar-refractivity contribution in [3.63, 3.8) is 0 Å². The highest BCUT2D eigenvalue weighted by molar-refractivity contribution is 6.31. The highest BCUT2D eigenvalue weighted by Gasteiger charge is 2.55. The van der Waals surface area contributed by atoms with Crippen LogP contribution < -0.4 is 14.8 Å². The quantitative estimate of drug-likeness (QED) is 0.139. The van der Waals surface area contributed by atoms with E-state index in [2.05, 4.69) is 21.9 Å². The number of methoxy groups -OCH3 is 1. The Morgan fingerprint density at radius 3 is 2.46 bits per heavy atom. The fourth-order valence-corrected chi connectivity index (χ4v) is 7.85. The maximum atomic E-state index is 14.6. The molecule has 12 heteroatoms. The number of nitrogens with one attached hydrogen (secondary N) is 1. The van der Waals surface area contributed by atoms with Crippen molar-refractivity contribution >= 4 is 40.6 Å². The van der Waals surface area contributed by atoms with Gasteiger partial charge < -0.3 is 29.2 Å². The van der Waals surface area contributed by atoms with Gasteiger partial charge in [-0.05, 0) is 94.6 Å². The van der Waals surface area contributed by atoms with Gasteiger partial charge in [-0.3, -0.25) is 4.79 Å². The second-order valence-electron chi connectivity index (χ2n) is 16.0. The number of amides is 2. The Morgan fingerprint density at radius 1 is 1.08 bits per heavy atom. The molecular formula is C38H53ClN4O7. The number of unbranched alkanes of at least 4 members (excludes halogenated alkanes) is 1. The smallest absolute Gasteiger partial charge is 0.408 e. The van der Waals surface area contributed by atoms with Crippen LogP contribution in [0.1, 0.15) is 87.0 Å². The Hall–Kier alpha value is -3.60. The molecule has 1 aromatic heterocycles. The first kappa shape index (κ1) is 37.7. The summed E-state index contributed by atoms with van der Waals surface area (Å²) in [6, 6.07) is 3.27. The summed E-state index contributed by atoms with van der Waals surface area (Å²) in [7, 11) is 1.56. The third-order valence-electron chi connectivity index (χ3n) is 10.2. The summed E-state index contributed by atoms with van der Waals surface area (Å²) in [5.41, 5.74) is -0.439. The molecule has 0 radical (unpaired) electrons. The molecule has 0 unspecified atom stereocenters. The zero-order chi connectivity index (χ0) is 36.5. The Labute approximate surface area is 300 Å². The van der Waals surface area contributed by atoms with E-state index in [1.54, 1.807) is 46.1 Å². The molecule has 50 heavy (non-hydrogen) atoms. The normalized spacial score (nSPS) is 26.6. The minimum atomic E-state index is -0.997. The van der Waals surface area contributed by atoms with E-state index in [1.807, 2.05) is 33.8 Å². The van der Waals surface area contributed by atoms with Crippen molar-refractivity contribution in [2.75, 3.05) is 13.7 Å². The van der Waals surface area contributed by atoms with Gasteiger partial charge in [0.15, 0.2) is 5.15 Å². The summed E-state index contributed by atoms with van der Waals surface area (Å²) in [5, 5.41) is 2.96. The topological polar surface area (TPSA) is 129 Å². The van der Waals surface area contributed by atoms with E-state index < -0.39 is 53.1 Å². The number of aromatic nitrogens is 2. The minimum absolute atomic E-state index is 0.0378. The van der Waals surface area contributed by atoms with Gasteiger partial charge >= 0.3 is 12.1 Å². The second-order valence-corrected chi connectivity index (χ2v) is 16.4. The third kappa shape index (κ3) is 8.46. The van der Waals surface area contributed by atoms with Gasteiger partial charge in [0.05, 0.1) is 24.7 Å². The lowest BCUT2D eigenvalue weighted by Crippen LogP contribution is -2.58. The summed E-state index contributed by atoms with van der Waals surface area (Å²) in [6.45, 7) is 16.8. The van der Waals surface area contributed by atoms with E-state index in [4.69, 9.17) is 30.5 Å². The Balaban J connectivity index is 1.39. The number of carbonyl (C=O) groups excluding carboxylic acids is 3. The number of benzene rings is 1. The van der Waals surface area contributed by atoms with E-state index in [0.29, 0.717) is 41.0 Å². The highest BCUT2D eigenvalue weighted by Crippen LogP contribution is 2.57. The molecule has 2 amide bonds. The van der Waals surface area contributed by atoms with Crippen molar-refractivity contribution in [1.82, 2.24) is 20.2 Å². The van der Waals surface area contributed by atoms with Crippen LogP contribution in [0.5, 0.6) is 11.6 Å². The van der Waals surface area contributed by atoms with Gasteiger partial charge in [0.1, 0.15) is 35.6 Å². The van der Waals surface area contributed by atoms with Crippen molar-refractivity contribution in [2.45, 2.75) is 117 Å². The van der Waals surface area contributed by atoms with Crippen LogP contribution in [0.15, 0.2) is 30.9 Å². The molecule has 2 aliphatic carbocycles. The van der Waals surface area contributed by atoms with E-state index in [-0.39, 0.29) is 23.7 Å². The molecule has 5 rings (SSSR count). The summed E-state index contributed by atoms with van der Waals surface area (Å²) >= 11 is 6.56. The summed E-state index contributed by atoms with van der Waals surface area (Å²) in [5.74, 6) is 0.759. The number of esters is 1. The monoisotopic (exact) mass is 712 g/mol. The van der Waals surface area contributed by atoms with Crippen LogP contribution in [0.4, 0.5) is 4.79 Å². The number of fused-ring (bicyclic) bond motifs is 2. The standard InChI is InChI=1S/C38H53ClN4O7/c1-10-12-13-14-24-25-17-21(25)18-28(24)49-36(46)42-31(37(3,4)5)34(44)43-20-29(23(11-2)30(43)35(45)50-38(6,7)8)48-33-32(39)40-26-16-15-22(47-9)19-27(26)41-33/h10,15-16,19,21,23-25,28-31H,1,11-14,17-18,20H2,2-9H3,(H,42,46)/t21-,23+,24+,25-,28+,29-,30-,31+/m0/s1. The first-order valence-corrected chi connectivity index (χ1v) is 18.2. The zero-order valence-corrected chi connectivity index (χ0v) is 31.4. The van der Waals surface area contributed by atoms with Gasteiger partial charge in [0.2, 0.25) is 5.91 Å². The van der Waals surface area contributed by atoms with Crippen LogP contribution in [-0.4, -0.2) is 76.4 Å². The average Bonchev–Trinajstić information content (AvgIpc) is 3.57. The van der Waals surface area contributed by atoms with E-state index in [0.717, 1.165) is 25.7 Å². The molecule has 0 bridgehead atoms. The molecule has 2 saturated carbocycles. The number of hydrogen-bond donors (Lipinski definition) is 1. The number of nitrogens with zero attached hydrogens (tertiary/aromatic N) is 3. The SMILES string of the molecule is C=CCCC[C@@H]1[C@H]2C[C@H]2C[C@H]1OC(=O)N[C@H](C(=O)N1C[C@H](Oc2nc3cc(OC)ccc3nc2Cl)[C@@H](CC)[C@H]1C(=O)OC(C)(C)C)C(C)(C)C. The molecule has 274 valence electrons. The lowest BCUT2D eigenvalue weighted by molar-refractivity contribution is -0.165. The number of carbonyl (C=O) groups is 3. The van der Waals surface area contributed by atoms with Crippen LogP contribution in [0.3, 0.4) is 0 Å². The largest absolute Gasteiger partial charge is 0.497 e.